The van der Waals surface area contributed by atoms with Gasteiger partial charge in [0.1, 0.15) is 5.75 Å². The number of nitrogens with zero attached hydrogens (tertiary/aromatic N) is 1. The predicted octanol–water partition coefficient (Wildman–Crippen LogP) is 1.71. The molecule has 78 valence electrons. The summed E-state index contributed by atoms with van der Waals surface area (Å²) in [5.41, 5.74) is 0.550. The highest BCUT2D eigenvalue weighted by Gasteiger charge is 2.06. The lowest BCUT2D eigenvalue weighted by Crippen LogP contribution is -2.21. The van der Waals surface area contributed by atoms with Crippen LogP contribution in [0.15, 0.2) is 24.3 Å². The van der Waals surface area contributed by atoms with Crippen LogP contribution in [0.5, 0.6) is 5.75 Å². The number of hydrogen-bond acceptors (Lipinski definition) is 3. The highest BCUT2D eigenvalue weighted by atomic mass is 79.9. The first-order valence-electron chi connectivity index (χ1n) is 4.06. The van der Waals surface area contributed by atoms with Crippen LogP contribution in [0.1, 0.15) is 10.4 Å². The number of Topliss-reactive ketones (excluding diaryl/α,β-unsaturated/α-hetero) is 1. The fourth-order valence-electron chi connectivity index (χ4n) is 1.06. The molecule has 3 nitrogen and oxygen atoms in total. The Labute approximate surface area is 94.1 Å². The van der Waals surface area contributed by atoms with Gasteiger partial charge in [-0.05, 0) is 26.2 Å². The van der Waals surface area contributed by atoms with E-state index < -0.39 is 0 Å². The van der Waals surface area contributed by atoms with Gasteiger partial charge < -0.3 is 10.0 Å². The van der Waals surface area contributed by atoms with Crippen molar-refractivity contribution in [3.05, 3.63) is 29.8 Å². The molecule has 0 heterocycles. The van der Waals surface area contributed by atoms with Crippen LogP contribution in [0.25, 0.3) is 0 Å². The Morgan fingerprint density at radius 2 is 2.07 bits per heavy atom. The molecule has 0 aliphatic rings. The summed E-state index contributed by atoms with van der Waals surface area (Å²) in [5.74, 6) is 0.144. The maximum absolute atomic E-state index is 11.5. The van der Waals surface area contributed by atoms with E-state index in [1.54, 1.807) is 23.1 Å². The van der Waals surface area contributed by atoms with Crippen molar-refractivity contribution in [2.75, 3.05) is 20.6 Å². The number of aromatic hydroxyl groups is 1. The van der Waals surface area contributed by atoms with E-state index in [0.29, 0.717) is 12.1 Å². The largest absolute Gasteiger partial charge is 0.508 e. The lowest BCUT2D eigenvalue weighted by molar-refractivity contribution is 0.0957. The van der Waals surface area contributed by atoms with Gasteiger partial charge in [-0.15, -0.1) is 17.0 Å². The Kier molecular flexibility index (Phi) is 5.42. The molecule has 0 unspecified atom stereocenters. The first-order valence-corrected chi connectivity index (χ1v) is 4.06. The van der Waals surface area contributed by atoms with Crippen LogP contribution in [0.4, 0.5) is 0 Å². The number of halogens is 1. The molecule has 1 rings (SSSR count). The van der Waals surface area contributed by atoms with Gasteiger partial charge in [0.15, 0.2) is 5.78 Å². The van der Waals surface area contributed by atoms with Crippen molar-refractivity contribution in [1.29, 1.82) is 0 Å². The number of carbonyl (C=O) groups excluding carboxylic acids is 1. The fourth-order valence-corrected chi connectivity index (χ4v) is 1.06. The SMILES string of the molecule is Br.CN(C)CC(=O)c1cccc(O)c1. The van der Waals surface area contributed by atoms with E-state index >= 15 is 0 Å². The normalized spacial score (nSPS) is 9.64. The van der Waals surface area contributed by atoms with Crippen LogP contribution in [0.2, 0.25) is 0 Å². The van der Waals surface area contributed by atoms with Crippen molar-refractivity contribution in [1.82, 2.24) is 4.90 Å². The summed E-state index contributed by atoms with van der Waals surface area (Å²) >= 11 is 0. The molecular weight excluding hydrogens is 246 g/mol. The molecule has 1 aromatic carbocycles. The van der Waals surface area contributed by atoms with E-state index in [1.807, 2.05) is 14.1 Å². The van der Waals surface area contributed by atoms with E-state index in [4.69, 9.17) is 5.11 Å². The number of carbonyl (C=O) groups is 1. The van der Waals surface area contributed by atoms with Crippen LogP contribution in [-0.2, 0) is 0 Å². The summed E-state index contributed by atoms with van der Waals surface area (Å²) in [6, 6.07) is 6.39. The Hall–Kier alpha value is -0.870. The van der Waals surface area contributed by atoms with Gasteiger partial charge in [-0.2, -0.15) is 0 Å². The van der Waals surface area contributed by atoms with Gasteiger partial charge in [0.2, 0.25) is 0 Å². The zero-order chi connectivity index (χ0) is 9.84. The minimum Gasteiger partial charge on any atom is -0.508 e. The maximum atomic E-state index is 11.5. The van der Waals surface area contributed by atoms with E-state index in [0.717, 1.165) is 0 Å². The summed E-state index contributed by atoms with van der Waals surface area (Å²) in [4.78, 5) is 13.3. The molecular formula is C10H14BrNO2. The minimum absolute atomic E-state index is 0. The molecule has 0 aliphatic carbocycles. The number of rotatable bonds is 3. The number of phenolic OH excluding ortho intramolecular Hbond substituents is 1. The monoisotopic (exact) mass is 259 g/mol. The van der Waals surface area contributed by atoms with Crippen molar-refractivity contribution in [2.24, 2.45) is 0 Å². The molecule has 0 aliphatic heterocycles. The van der Waals surface area contributed by atoms with Gasteiger partial charge in [0, 0.05) is 5.56 Å². The highest BCUT2D eigenvalue weighted by molar-refractivity contribution is 8.93. The van der Waals surface area contributed by atoms with Crippen LogP contribution in [-0.4, -0.2) is 36.4 Å². The number of benzene rings is 1. The Bertz CT molecular complexity index is 313. The van der Waals surface area contributed by atoms with Crippen molar-refractivity contribution >= 4 is 22.8 Å². The standard InChI is InChI=1S/C10H13NO2.BrH/c1-11(2)7-10(13)8-4-3-5-9(12)6-8;/h3-6,12H,7H2,1-2H3;1H. The number of ketones is 1. The minimum atomic E-state index is 0. The molecule has 4 heteroatoms. The molecule has 14 heavy (non-hydrogen) atoms. The molecule has 0 saturated carbocycles. The quantitative estimate of drug-likeness (QED) is 0.841. The van der Waals surface area contributed by atoms with E-state index in [1.165, 1.54) is 6.07 Å². The van der Waals surface area contributed by atoms with Gasteiger partial charge in [0.05, 0.1) is 6.54 Å². The topological polar surface area (TPSA) is 40.5 Å². The second kappa shape index (κ2) is 5.78. The van der Waals surface area contributed by atoms with Gasteiger partial charge >= 0.3 is 0 Å². The van der Waals surface area contributed by atoms with Crippen LogP contribution >= 0.6 is 17.0 Å². The van der Waals surface area contributed by atoms with E-state index in [9.17, 15) is 4.79 Å². The zero-order valence-corrected chi connectivity index (χ0v) is 9.94. The highest BCUT2D eigenvalue weighted by Crippen LogP contribution is 2.11. The Balaban J connectivity index is 0.00000169. The molecule has 0 atom stereocenters. The van der Waals surface area contributed by atoms with Gasteiger partial charge in [-0.1, -0.05) is 12.1 Å². The van der Waals surface area contributed by atoms with Crippen molar-refractivity contribution < 1.29 is 9.90 Å². The molecule has 0 radical (unpaired) electrons. The van der Waals surface area contributed by atoms with Crippen LogP contribution in [0, 0.1) is 0 Å². The van der Waals surface area contributed by atoms with E-state index in [2.05, 4.69) is 0 Å². The maximum Gasteiger partial charge on any atom is 0.176 e. The second-order valence-electron chi connectivity index (χ2n) is 3.21. The summed E-state index contributed by atoms with van der Waals surface area (Å²) < 4.78 is 0. The molecule has 0 spiro atoms. The zero-order valence-electron chi connectivity index (χ0n) is 8.23. The fraction of sp³-hybridized carbons (Fsp3) is 0.300. The number of likely N-dealkylation sites (N-methyl/N-ethyl adjacent to an activating group) is 1. The molecule has 1 N–H and O–H groups in total. The summed E-state index contributed by atoms with van der Waals surface area (Å²) in [7, 11) is 3.67. The third-order valence-electron chi connectivity index (χ3n) is 1.63. The average molecular weight is 260 g/mol. The van der Waals surface area contributed by atoms with Crippen LogP contribution in [0.3, 0.4) is 0 Å². The molecule has 0 aromatic heterocycles. The van der Waals surface area contributed by atoms with E-state index in [-0.39, 0.29) is 28.5 Å². The third-order valence-corrected chi connectivity index (χ3v) is 1.63. The van der Waals surface area contributed by atoms with Gasteiger partial charge in [-0.3, -0.25) is 4.79 Å². The lowest BCUT2D eigenvalue weighted by atomic mass is 10.1. The van der Waals surface area contributed by atoms with Crippen molar-refractivity contribution in [2.45, 2.75) is 0 Å². The molecule has 0 saturated heterocycles. The predicted molar refractivity (Wildman–Crippen MR) is 61.3 cm³/mol. The summed E-state index contributed by atoms with van der Waals surface area (Å²) in [6.07, 6.45) is 0. The van der Waals surface area contributed by atoms with Gasteiger partial charge in [0.25, 0.3) is 0 Å². The van der Waals surface area contributed by atoms with Gasteiger partial charge in [-0.25, -0.2) is 0 Å². The number of hydrogen-bond donors (Lipinski definition) is 1. The Morgan fingerprint density at radius 1 is 1.43 bits per heavy atom. The molecule has 0 bridgehead atoms. The first-order chi connectivity index (χ1) is 6.09. The average Bonchev–Trinajstić information content (AvgIpc) is 2.03. The third kappa shape index (κ3) is 3.89. The molecule has 1 aromatic rings. The lowest BCUT2D eigenvalue weighted by Gasteiger charge is -2.07. The summed E-state index contributed by atoms with van der Waals surface area (Å²) in [6.45, 7) is 0.365. The smallest absolute Gasteiger partial charge is 0.176 e. The van der Waals surface area contributed by atoms with Crippen molar-refractivity contribution in [3.8, 4) is 5.75 Å². The molecule has 0 fully saturated rings. The second-order valence-corrected chi connectivity index (χ2v) is 3.21. The first kappa shape index (κ1) is 13.1. The van der Waals surface area contributed by atoms with Crippen LogP contribution < -0.4 is 0 Å². The summed E-state index contributed by atoms with van der Waals surface area (Å²) in [5, 5.41) is 9.13. The van der Waals surface area contributed by atoms with Crippen molar-refractivity contribution in [3.63, 3.8) is 0 Å². The Morgan fingerprint density at radius 3 is 2.57 bits per heavy atom. The molecule has 0 amide bonds. The number of phenols is 1.